The highest BCUT2D eigenvalue weighted by molar-refractivity contribution is 6.30. The first kappa shape index (κ1) is 16.3. The third-order valence-electron chi connectivity index (χ3n) is 3.86. The van der Waals surface area contributed by atoms with Gasteiger partial charge in [0.15, 0.2) is 0 Å². The molecule has 0 bridgehead atoms. The SMILES string of the molecule is O=C(CC1(O)C(c2ccc(O)cc2)=COc2cc(Cl)ccc21)NO. The van der Waals surface area contributed by atoms with E-state index in [2.05, 4.69) is 0 Å². The molecule has 4 N–H and O–H groups in total. The number of carbonyl (C=O) groups excluding carboxylic acids is 1. The molecule has 0 saturated carbocycles. The van der Waals surface area contributed by atoms with E-state index in [1.165, 1.54) is 29.9 Å². The van der Waals surface area contributed by atoms with Crippen molar-refractivity contribution in [1.29, 1.82) is 0 Å². The molecule has 2 aromatic carbocycles. The fourth-order valence-corrected chi connectivity index (χ4v) is 2.87. The van der Waals surface area contributed by atoms with Crippen LogP contribution < -0.4 is 10.2 Å². The van der Waals surface area contributed by atoms with Gasteiger partial charge in [0, 0.05) is 16.2 Å². The van der Waals surface area contributed by atoms with E-state index in [1.54, 1.807) is 24.3 Å². The van der Waals surface area contributed by atoms with E-state index in [1.807, 2.05) is 0 Å². The second-order valence-corrected chi connectivity index (χ2v) is 5.85. The molecule has 0 radical (unpaired) electrons. The molecular formula is C17H14ClNO5. The minimum absolute atomic E-state index is 0.0694. The maximum Gasteiger partial charge on any atom is 0.246 e. The predicted molar refractivity (Wildman–Crippen MR) is 86.6 cm³/mol. The molecular weight excluding hydrogens is 334 g/mol. The van der Waals surface area contributed by atoms with Crippen molar-refractivity contribution >= 4 is 23.1 Å². The molecule has 6 nitrogen and oxygen atoms in total. The first-order valence-corrected chi connectivity index (χ1v) is 7.44. The smallest absolute Gasteiger partial charge is 0.246 e. The summed E-state index contributed by atoms with van der Waals surface area (Å²) < 4.78 is 5.55. The van der Waals surface area contributed by atoms with Gasteiger partial charge in [-0.05, 0) is 29.8 Å². The van der Waals surface area contributed by atoms with Gasteiger partial charge in [-0.3, -0.25) is 10.0 Å². The third-order valence-corrected chi connectivity index (χ3v) is 4.09. The van der Waals surface area contributed by atoms with Crippen LogP contribution in [0.1, 0.15) is 17.5 Å². The van der Waals surface area contributed by atoms with E-state index in [-0.39, 0.29) is 5.75 Å². The summed E-state index contributed by atoms with van der Waals surface area (Å²) in [7, 11) is 0. The number of aromatic hydroxyl groups is 1. The van der Waals surface area contributed by atoms with Crippen LogP contribution >= 0.6 is 11.6 Å². The topological polar surface area (TPSA) is 99.0 Å². The molecule has 2 aromatic rings. The number of hydroxylamine groups is 1. The highest BCUT2D eigenvalue weighted by Gasteiger charge is 2.42. The van der Waals surface area contributed by atoms with Crippen molar-refractivity contribution in [1.82, 2.24) is 5.48 Å². The number of fused-ring (bicyclic) bond motifs is 1. The molecule has 1 atom stereocenters. The number of phenols is 1. The number of nitrogens with one attached hydrogen (secondary N) is 1. The van der Waals surface area contributed by atoms with Crippen LogP contribution in [0.2, 0.25) is 5.02 Å². The molecule has 1 heterocycles. The Morgan fingerprint density at radius 3 is 2.58 bits per heavy atom. The Bertz CT molecular complexity index is 818. The Kier molecular flexibility index (Phi) is 4.19. The minimum Gasteiger partial charge on any atom is -0.508 e. The lowest BCUT2D eigenvalue weighted by Gasteiger charge is -2.35. The van der Waals surface area contributed by atoms with E-state index in [4.69, 9.17) is 21.5 Å². The molecule has 0 aliphatic carbocycles. The van der Waals surface area contributed by atoms with E-state index >= 15 is 0 Å². The number of hydrogen-bond acceptors (Lipinski definition) is 5. The summed E-state index contributed by atoms with van der Waals surface area (Å²) in [5.74, 6) is -0.372. The Labute approximate surface area is 142 Å². The second-order valence-electron chi connectivity index (χ2n) is 5.41. The molecule has 1 unspecified atom stereocenters. The summed E-state index contributed by atoms with van der Waals surface area (Å²) in [6, 6.07) is 10.8. The maximum atomic E-state index is 11.7. The Hall–Kier alpha value is -2.54. The average Bonchev–Trinajstić information content (AvgIpc) is 2.56. The lowest BCUT2D eigenvalue weighted by atomic mass is 9.78. The molecule has 1 aliphatic rings. The number of ether oxygens (including phenoxy) is 1. The lowest BCUT2D eigenvalue weighted by Crippen LogP contribution is -2.37. The predicted octanol–water partition coefficient (Wildman–Crippen LogP) is 2.56. The zero-order valence-corrected chi connectivity index (χ0v) is 13.1. The largest absolute Gasteiger partial charge is 0.508 e. The monoisotopic (exact) mass is 347 g/mol. The highest BCUT2D eigenvalue weighted by Crippen LogP contribution is 2.47. The molecule has 1 amide bonds. The number of halogens is 1. The summed E-state index contributed by atoms with van der Waals surface area (Å²) >= 11 is 5.94. The minimum atomic E-state index is -1.73. The van der Waals surface area contributed by atoms with Crippen LogP contribution in [0.5, 0.6) is 11.5 Å². The summed E-state index contributed by atoms with van der Waals surface area (Å²) in [4.78, 5) is 11.7. The Morgan fingerprint density at radius 1 is 1.21 bits per heavy atom. The van der Waals surface area contributed by atoms with Gasteiger partial charge in [0.2, 0.25) is 5.91 Å². The molecule has 3 rings (SSSR count). The van der Waals surface area contributed by atoms with Gasteiger partial charge in [-0.25, -0.2) is 5.48 Å². The van der Waals surface area contributed by atoms with Crippen molar-refractivity contribution < 1.29 is 25.0 Å². The van der Waals surface area contributed by atoms with Crippen LogP contribution in [-0.4, -0.2) is 21.3 Å². The van der Waals surface area contributed by atoms with Crippen molar-refractivity contribution in [2.45, 2.75) is 12.0 Å². The Morgan fingerprint density at radius 2 is 1.92 bits per heavy atom. The molecule has 1 aliphatic heterocycles. The van der Waals surface area contributed by atoms with Crippen LogP contribution in [0.15, 0.2) is 48.7 Å². The highest BCUT2D eigenvalue weighted by atomic mass is 35.5. The van der Waals surface area contributed by atoms with Gasteiger partial charge in [-0.2, -0.15) is 0 Å². The first-order chi connectivity index (χ1) is 11.4. The third kappa shape index (κ3) is 2.82. The number of carbonyl (C=O) groups is 1. The van der Waals surface area contributed by atoms with Crippen LogP contribution in [0, 0.1) is 0 Å². The van der Waals surface area contributed by atoms with Gasteiger partial charge in [0.05, 0.1) is 12.7 Å². The zero-order valence-electron chi connectivity index (χ0n) is 12.4. The fourth-order valence-electron chi connectivity index (χ4n) is 2.71. The summed E-state index contributed by atoms with van der Waals surface area (Å²) in [5.41, 5.74) is 1.02. The van der Waals surface area contributed by atoms with Crippen molar-refractivity contribution in [3.05, 3.63) is 64.9 Å². The average molecular weight is 348 g/mol. The molecule has 0 fully saturated rings. The number of benzene rings is 2. The van der Waals surface area contributed by atoms with Gasteiger partial charge < -0.3 is 14.9 Å². The molecule has 0 spiro atoms. The fraction of sp³-hybridized carbons (Fsp3) is 0.118. The van der Waals surface area contributed by atoms with Gasteiger partial charge in [-0.1, -0.05) is 29.8 Å². The van der Waals surface area contributed by atoms with E-state index in [0.29, 0.717) is 27.5 Å². The van der Waals surface area contributed by atoms with Gasteiger partial charge in [0.1, 0.15) is 17.1 Å². The molecule has 0 aromatic heterocycles. The molecule has 0 saturated heterocycles. The number of aliphatic hydroxyl groups is 1. The number of rotatable bonds is 3. The summed E-state index contributed by atoms with van der Waals surface area (Å²) in [6.07, 6.45) is 0.907. The van der Waals surface area contributed by atoms with Gasteiger partial charge in [-0.15, -0.1) is 0 Å². The van der Waals surface area contributed by atoms with Crippen molar-refractivity contribution in [3.63, 3.8) is 0 Å². The number of phenolic OH excluding ortho intramolecular Hbond substituents is 1. The quantitative estimate of drug-likeness (QED) is 0.505. The second kappa shape index (κ2) is 6.16. The lowest BCUT2D eigenvalue weighted by molar-refractivity contribution is -0.132. The van der Waals surface area contributed by atoms with Crippen molar-refractivity contribution in [2.24, 2.45) is 0 Å². The zero-order chi connectivity index (χ0) is 17.3. The van der Waals surface area contributed by atoms with Crippen molar-refractivity contribution in [3.8, 4) is 11.5 Å². The summed E-state index contributed by atoms with van der Waals surface area (Å²) in [6.45, 7) is 0. The standard InChI is InChI=1S/C17H14ClNO5/c18-11-3-6-13-15(7-11)24-9-14(10-1-4-12(20)5-2-10)17(13,22)8-16(21)19-23/h1-7,9,20,22-23H,8H2,(H,19,21). The maximum absolute atomic E-state index is 11.7. The molecule has 24 heavy (non-hydrogen) atoms. The van der Waals surface area contributed by atoms with E-state index < -0.39 is 17.9 Å². The van der Waals surface area contributed by atoms with E-state index in [0.717, 1.165) is 0 Å². The Balaban J connectivity index is 2.14. The van der Waals surface area contributed by atoms with Crippen LogP contribution in [0.25, 0.3) is 5.57 Å². The van der Waals surface area contributed by atoms with Gasteiger partial charge in [0.25, 0.3) is 0 Å². The normalized spacial score (nSPS) is 19.0. The van der Waals surface area contributed by atoms with E-state index in [9.17, 15) is 15.0 Å². The first-order valence-electron chi connectivity index (χ1n) is 7.06. The number of amides is 1. The summed E-state index contributed by atoms with van der Waals surface area (Å²) in [5, 5.41) is 30.0. The van der Waals surface area contributed by atoms with Gasteiger partial charge >= 0.3 is 0 Å². The van der Waals surface area contributed by atoms with Crippen LogP contribution in [-0.2, 0) is 10.4 Å². The van der Waals surface area contributed by atoms with Crippen molar-refractivity contribution in [2.75, 3.05) is 0 Å². The molecule has 124 valence electrons. The molecule has 7 heteroatoms. The van der Waals surface area contributed by atoms with Crippen LogP contribution in [0.4, 0.5) is 0 Å². The number of hydrogen-bond donors (Lipinski definition) is 4. The van der Waals surface area contributed by atoms with Crippen LogP contribution in [0.3, 0.4) is 0 Å².